The fourth-order valence-electron chi connectivity index (χ4n) is 2.97. The summed E-state index contributed by atoms with van der Waals surface area (Å²) < 4.78 is 31.9. The summed E-state index contributed by atoms with van der Waals surface area (Å²) in [6, 6.07) is 3.32. The van der Waals surface area contributed by atoms with E-state index in [2.05, 4.69) is 5.32 Å². The first-order valence-corrected chi connectivity index (χ1v) is 6.08. The van der Waals surface area contributed by atoms with Gasteiger partial charge in [0, 0.05) is 18.2 Å². The van der Waals surface area contributed by atoms with Gasteiger partial charge in [0.15, 0.2) is 0 Å². The number of nitrogens with one attached hydrogen (secondary N) is 1. The lowest BCUT2D eigenvalue weighted by Crippen LogP contribution is -2.58. The Morgan fingerprint density at radius 1 is 1.11 bits per heavy atom. The van der Waals surface area contributed by atoms with Crippen LogP contribution in [-0.4, -0.2) is 30.4 Å². The summed E-state index contributed by atoms with van der Waals surface area (Å²) in [6.07, 6.45) is 0.818. The number of rotatable bonds is 1. The molecule has 1 aromatic carbocycles. The van der Waals surface area contributed by atoms with Crippen LogP contribution in [-0.2, 0) is 10.3 Å². The molecule has 2 atom stereocenters. The molecule has 3 rings (SSSR count). The second-order valence-electron chi connectivity index (χ2n) is 5.20. The predicted octanol–water partition coefficient (Wildman–Crippen LogP) is 1.30. The maximum atomic E-state index is 13.3. The number of fused-ring (bicyclic) bond motifs is 2. The van der Waals surface area contributed by atoms with Crippen molar-refractivity contribution in [2.24, 2.45) is 0 Å². The normalized spacial score (nSPS) is 35.5. The highest BCUT2D eigenvalue weighted by Crippen LogP contribution is 2.37. The van der Waals surface area contributed by atoms with Gasteiger partial charge in [-0.3, -0.25) is 0 Å². The maximum absolute atomic E-state index is 13.3. The van der Waals surface area contributed by atoms with Gasteiger partial charge in [-0.2, -0.15) is 0 Å². The Morgan fingerprint density at radius 2 is 1.67 bits per heavy atom. The van der Waals surface area contributed by atoms with Gasteiger partial charge < -0.3 is 15.2 Å². The average molecular weight is 255 g/mol. The van der Waals surface area contributed by atoms with E-state index < -0.39 is 17.2 Å². The van der Waals surface area contributed by atoms with Gasteiger partial charge in [0.2, 0.25) is 0 Å². The van der Waals surface area contributed by atoms with E-state index in [4.69, 9.17) is 4.74 Å². The summed E-state index contributed by atoms with van der Waals surface area (Å²) in [5.74, 6) is -1.31. The van der Waals surface area contributed by atoms with Crippen LogP contribution in [0.4, 0.5) is 8.78 Å². The lowest BCUT2D eigenvalue weighted by molar-refractivity contribution is -0.0804. The molecule has 2 saturated heterocycles. The highest BCUT2D eigenvalue weighted by atomic mass is 19.1. The standard InChI is InChI=1S/C13H15F2NO2/c14-9-1-8(2-10(15)3-9)13(17)4-11-6-18-7-12(5-13)16-11/h1-3,11-12,16-17H,4-7H2. The Labute approximate surface area is 104 Å². The van der Waals surface area contributed by atoms with Crippen molar-refractivity contribution in [1.29, 1.82) is 0 Å². The Balaban J connectivity index is 1.93. The molecule has 3 nitrogen and oxygen atoms in total. The number of aliphatic hydroxyl groups is 1. The van der Waals surface area contributed by atoms with E-state index in [0.717, 1.165) is 6.07 Å². The summed E-state index contributed by atoms with van der Waals surface area (Å²) in [4.78, 5) is 0. The molecule has 0 spiro atoms. The van der Waals surface area contributed by atoms with Crippen LogP contribution in [0, 0.1) is 11.6 Å². The van der Waals surface area contributed by atoms with Crippen molar-refractivity contribution in [3.8, 4) is 0 Å². The van der Waals surface area contributed by atoms with Crippen molar-refractivity contribution in [2.45, 2.75) is 30.5 Å². The molecule has 2 aliphatic heterocycles. The second-order valence-corrected chi connectivity index (χ2v) is 5.20. The molecule has 0 radical (unpaired) electrons. The van der Waals surface area contributed by atoms with E-state index in [9.17, 15) is 13.9 Å². The molecule has 2 aliphatic rings. The first-order chi connectivity index (χ1) is 8.55. The molecule has 2 N–H and O–H groups in total. The number of piperidine rings is 1. The van der Waals surface area contributed by atoms with E-state index in [1.807, 2.05) is 0 Å². The molecule has 0 aliphatic carbocycles. The van der Waals surface area contributed by atoms with Crippen molar-refractivity contribution in [1.82, 2.24) is 5.32 Å². The third-order valence-corrected chi connectivity index (χ3v) is 3.68. The molecule has 0 saturated carbocycles. The molecule has 0 amide bonds. The van der Waals surface area contributed by atoms with Gasteiger partial charge in [-0.1, -0.05) is 0 Å². The van der Waals surface area contributed by atoms with Crippen molar-refractivity contribution in [2.75, 3.05) is 13.2 Å². The number of morpholine rings is 1. The van der Waals surface area contributed by atoms with E-state index in [1.165, 1.54) is 12.1 Å². The summed E-state index contributed by atoms with van der Waals surface area (Å²) >= 11 is 0. The van der Waals surface area contributed by atoms with E-state index in [-0.39, 0.29) is 12.1 Å². The molecule has 98 valence electrons. The first-order valence-electron chi connectivity index (χ1n) is 6.08. The quantitative estimate of drug-likeness (QED) is 0.795. The number of benzene rings is 1. The zero-order valence-electron chi connectivity index (χ0n) is 9.83. The molecule has 5 heteroatoms. The molecular weight excluding hydrogens is 240 g/mol. The van der Waals surface area contributed by atoms with Gasteiger partial charge in [-0.15, -0.1) is 0 Å². The molecule has 2 unspecified atom stereocenters. The third-order valence-electron chi connectivity index (χ3n) is 3.68. The third kappa shape index (κ3) is 2.13. The van der Waals surface area contributed by atoms with E-state index in [0.29, 0.717) is 31.6 Å². The monoisotopic (exact) mass is 255 g/mol. The molecule has 18 heavy (non-hydrogen) atoms. The SMILES string of the molecule is OC1(c2cc(F)cc(F)c2)CC2COCC(C1)N2. The van der Waals surface area contributed by atoms with Crippen molar-refractivity contribution >= 4 is 0 Å². The van der Waals surface area contributed by atoms with Crippen LogP contribution < -0.4 is 5.32 Å². The van der Waals surface area contributed by atoms with Gasteiger partial charge in [0.25, 0.3) is 0 Å². The van der Waals surface area contributed by atoms with Gasteiger partial charge in [0.1, 0.15) is 11.6 Å². The lowest BCUT2D eigenvalue weighted by Gasteiger charge is -2.45. The Hall–Kier alpha value is -1.04. The summed E-state index contributed by atoms with van der Waals surface area (Å²) in [7, 11) is 0. The smallest absolute Gasteiger partial charge is 0.126 e. The number of hydrogen-bond acceptors (Lipinski definition) is 3. The van der Waals surface area contributed by atoms with Gasteiger partial charge in [0.05, 0.1) is 18.8 Å². The second kappa shape index (κ2) is 4.26. The first kappa shape index (κ1) is 12.0. The predicted molar refractivity (Wildman–Crippen MR) is 61.0 cm³/mol. The van der Waals surface area contributed by atoms with Crippen LogP contribution in [0.1, 0.15) is 18.4 Å². The maximum Gasteiger partial charge on any atom is 0.126 e. The fourth-order valence-corrected chi connectivity index (χ4v) is 2.97. The Bertz CT molecular complexity index is 434. The molecule has 1 aromatic rings. The van der Waals surface area contributed by atoms with Crippen molar-refractivity contribution < 1.29 is 18.6 Å². The minimum absolute atomic E-state index is 0.0360. The number of ether oxygens (including phenoxy) is 1. The van der Waals surface area contributed by atoms with Crippen LogP contribution in [0.25, 0.3) is 0 Å². The zero-order valence-corrected chi connectivity index (χ0v) is 9.83. The highest BCUT2D eigenvalue weighted by Gasteiger charge is 2.42. The van der Waals surface area contributed by atoms with E-state index >= 15 is 0 Å². The number of halogens is 2. The zero-order chi connectivity index (χ0) is 12.8. The van der Waals surface area contributed by atoms with Gasteiger partial charge >= 0.3 is 0 Å². The van der Waals surface area contributed by atoms with Crippen LogP contribution in [0.3, 0.4) is 0 Å². The molecular formula is C13H15F2NO2. The Morgan fingerprint density at radius 3 is 2.22 bits per heavy atom. The largest absolute Gasteiger partial charge is 0.385 e. The summed E-state index contributed by atoms with van der Waals surface area (Å²) in [5, 5.41) is 14.0. The molecule has 2 heterocycles. The minimum atomic E-state index is -1.17. The van der Waals surface area contributed by atoms with Crippen molar-refractivity contribution in [3.63, 3.8) is 0 Å². The minimum Gasteiger partial charge on any atom is -0.385 e. The van der Waals surface area contributed by atoms with Gasteiger partial charge in [-0.05, 0) is 30.5 Å². The lowest BCUT2D eigenvalue weighted by atomic mass is 9.78. The number of hydrogen-bond donors (Lipinski definition) is 2. The van der Waals surface area contributed by atoms with Crippen LogP contribution in [0.5, 0.6) is 0 Å². The van der Waals surface area contributed by atoms with E-state index in [1.54, 1.807) is 0 Å². The molecule has 2 fully saturated rings. The molecule has 0 aromatic heterocycles. The highest BCUT2D eigenvalue weighted by molar-refractivity contribution is 5.26. The fraction of sp³-hybridized carbons (Fsp3) is 0.538. The van der Waals surface area contributed by atoms with Crippen molar-refractivity contribution in [3.05, 3.63) is 35.4 Å². The topological polar surface area (TPSA) is 41.5 Å². The van der Waals surface area contributed by atoms with Crippen LogP contribution in [0.2, 0.25) is 0 Å². The van der Waals surface area contributed by atoms with Crippen LogP contribution >= 0.6 is 0 Å². The summed E-state index contributed by atoms with van der Waals surface area (Å²) in [6.45, 7) is 1.05. The van der Waals surface area contributed by atoms with Crippen LogP contribution in [0.15, 0.2) is 18.2 Å². The Kier molecular flexibility index (Phi) is 2.84. The van der Waals surface area contributed by atoms with Gasteiger partial charge in [-0.25, -0.2) is 8.78 Å². The summed E-state index contributed by atoms with van der Waals surface area (Å²) in [5.41, 5.74) is -0.855. The molecule has 2 bridgehead atoms. The average Bonchev–Trinajstić information content (AvgIpc) is 2.26.